The van der Waals surface area contributed by atoms with E-state index in [4.69, 9.17) is 10.2 Å². The first-order valence-corrected chi connectivity index (χ1v) is 7.47. The first-order valence-electron chi connectivity index (χ1n) is 7.47. The minimum absolute atomic E-state index is 0.0388. The Balaban J connectivity index is 2.38. The number of aliphatic hydroxyl groups is 1. The topological polar surface area (TPSA) is 89.9 Å². The van der Waals surface area contributed by atoms with Gasteiger partial charge in [-0.1, -0.05) is 13.3 Å². The molecule has 1 saturated carbocycles. The molecule has 0 aliphatic heterocycles. The van der Waals surface area contributed by atoms with Crippen molar-refractivity contribution >= 4 is 12.0 Å². The lowest BCUT2D eigenvalue weighted by molar-refractivity contribution is -0.142. The molecule has 1 aliphatic carbocycles. The van der Waals surface area contributed by atoms with Crippen LogP contribution in [0.2, 0.25) is 0 Å². The quantitative estimate of drug-likeness (QED) is 0.660. The number of carboxylic acid groups (broad SMARTS) is 1. The minimum atomic E-state index is -0.736. The summed E-state index contributed by atoms with van der Waals surface area (Å²) >= 11 is 0. The molecule has 0 atom stereocenters. The summed E-state index contributed by atoms with van der Waals surface area (Å²) in [5.74, 6) is -1.00. The summed E-state index contributed by atoms with van der Waals surface area (Å²) in [4.78, 5) is 24.6. The third-order valence-corrected chi connectivity index (χ3v) is 3.84. The van der Waals surface area contributed by atoms with Gasteiger partial charge in [-0.2, -0.15) is 0 Å². The van der Waals surface area contributed by atoms with Gasteiger partial charge in [-0.15, -0.1) is 0 Å². The smallest absolute Gasteiger partial charge is 0.317 e. The van der Waals surface area contributed by atoms with Gasteiger partial charge in [-0.3, -0.25) is 4.79 Å². The zero-order valence-corrected chi connectivity index (χ0v) is 12.2. The Kier molecular flexibility index (Phi) is 7.36. The Morgan fingerprint density at radius 2 is 1.85 bits per heavy atom. The Bertz CT molecular complexity index is 314. The van der Waals surface area contributed by atoms with Crippen molar-refractivity contribution < 1.29 is 19.8 Å². The lowest BCUT2D eigenvalue weighted by Gasteiger charge is -2.30. The number of carbonyl (C=O) groups excluding carboxylic acids is 1. The van der Waals surface area contributed by atoms with Crippen LogP contribution in [0.15, 0.2) is 0 Å². The molecule has 0 radical (unpaired) electrons. The molecule has 1 fully saturated rings. The maximum Gasteiger partial charge on any atom is 0.317 e. The van der Waals surface area contributed by atoms with Gasteiger partial charge >= 0.3 is 12.0 Å². The average Bonchev–Trinajstić information content (AvgIpc) is 2.43. The summed E-state index contributed by atoms with van der Waals surface area (Å²) in [7, 11) is 0. The number of nitrogens with zero attached hydrogens (tertiary/aromatic N) is 1. The molecule has 20 heavy (non-hydrogen) atoms. The second kappa shape index (κ2) is 8.79. The molecular weight excluding hydrogens is 260 g/mol. The van der Waals surface area contributed by atoms with Gasteiger partial charge in [-0.25, -0.2) is 4.79 Å². The van der Waals surface area contributed by atoms with Crippen LogP contribution in [0.25, 0.3) is 0 Å². The number of carbonyl (C=O) groups is 2. The Morgan fingerprint density at radius 3 is 2.35 bits per heavy atom. The van der Waals surface area contributed by atoms with E-state index >= 15 is 0 Å². The summed E-state index contributed by atoms with van der Waals surface area (Å²) in [6, 6.07) is -0.0906. The highest BCUT2D eigenvalue weighted by atomic mass is 16.4. The van der Waals surface area contributed by atoms with Crippen LogP contribution in [0.3, 0.4) is 0 Å². The molecule has 0 unspecified atom stereocenters. The van der Waals surface area contributed by atoms with Crippen molar-refractivity contribution in [2.75, 3.05) is 19.7 Å². The molecule has 0 spiro atoms. The summed E-state index contributed by atoms with van der Waals surface area (Å²) < 4.78 is 0. The SMILES string of the molecule is CCCCN(CCO)C(=O)NC1CCC(C(=O)O)CC1. The molecule has 116 valence electrons. The normalized spacial score (nSPS) is 22.3. The second-order valence-corrected chi connectivity index (χ2v) is 5.40. The molecule has 0 saturated heterocycles. The van der Waals surface area contributed by atoms with E-state index in [0.29, 0.717) is 38.8 Å². The van der Waals surface area contributed by atoms with Gasteiger partial charge in [0.15, 0.2) is 0 Å². The molecule has 0 bridgehead atoms. The third kappa shape index (κ3) is 5.36. The van der Waals surface area contributed by atoms with Crippen molar-refractivity contribution in [3.8, 4) is 0 Å². The summed E-state index contributed by atoms with van der Waals surface area (Å²) in [5.41, 5.74) is 0. The van der Waals surface area contributed by atoms with Gasteiger partial charge in [0.25, 0.3) is 0 Å². The van der Waals surface area contributed by atoms with Crippen molar-refractivity contribution in [1.82, 2.24) is 10.2 Å². The van der Waals surface area contributed by atoms with Crippen molar-refractivity contribution in [2.24, 2.45) is 5.92 Å². The molecule has 0 aromatic rings. The van der Waals surface area contributed by atoms with Crippen molar-refractivity contribution in [1.29, 1.82) is 0 Å². The predicted molar refractivity (Wildman–Crippen MR) is 75.5 cm³/mol. The third-order valence-electron chi connectivity index (χ3n) is 3.84. The van der Waals surface area contributed by atoms with Crippen LogP contribution in [0.1, 0.15) is 45.4 Å². The van der Waals surface area contributed by atoms with E-state index in [1.807, 2.05) is 0 Å². The predicted octanol–water partition coefficient (Wildman–Crippen LogP) is 1.43. The zero-order chi connectivity index (χ0) is 15.0. The van der Waals surface area contributed by atoms with Gasteiger partial charge < -0.3 is 20.4 Å². The molecule has 0 heterocycles. The molecule has 1 aliphatic rings. The number of amides is 2. The number of aliphatic hydroxyl groups excluding tert-OH is 1. The fraction of sp³-hybridized carbons (Fsp3) is 0.857. The van der Waals surface area contributed by atoms with Gasteiger partial charge in [-0.05, 0) is 32.1 Å². The largest absolute Gasteiger partial charge is 0.481 e. The maximum atomic E-state index is 12.1. The monoisotopic (exact) mass is 286 g/mol. The summed E-state index contributed by atoms with van der Waals surface area (Å²) in [6.45, 7) is 3.01. The van der Waals surface area contributed by atoms with E-state index in [2.05, 4.69) is 12.2 Å². The summed E-state index contributed by atoms with van der Waals surface area (Å²) in [5, 5.41) is 20.9. The van der Waals surface area contributed by atoms with E-state index < -0.39 is 5.97 Å². The van der Waals surface area contributed by atoms with Gasteiger partial charge in [0.1, 0.15) is 0 Å². The van der Waals surface area contributed by atoms with Crippen molar-refractivity contribution in [3.63, 3.8) is 0 Å². The zero-order valence-electron chi connectivity index (χ0n) is 12.2. The van der Waals surface area contributed by atoms with E-state index in [9.17, 15) is 9.59 Å². The van der Waals surface area contributed by atoms with Crippen LogP contribution in [-0.4, -0.2) is 52.9 Å². The highest BCUT2D eigenvalue weighted by Gasteiger charge is 2.27. The highest BCUT2D eigenvalue weighted by Crippen LogP contribution is 2.24. The fourth-order valence-corrected chi connectivity index (χ4v) is 2.54. The number of hydrogen-bond donors (Lipinski definition) is 3. The molecule has 6 heteroatoms. The number of aliphatic carboxylic acids is 1. The number of urea groups is 1. The van der Waals surface area contributed by atoms with Crippen LogP contribution in [-0.2, 0) is 4.79 Å². The standard InChI is InChI=1S/C14H26N2O4/c1-2-3-8-16(9-10-17)14(20)15-12-6-4-11(5-7-12)13(18)19/h11-12,17H,2-10H2,1H3,(H,15,20)(H,18,19). The number of unbranched alkanes of at least 4 members (excludes halogenated alkanes) is 1. The number of carboxylic acids is 1. The molecule has 0 aromatic heterocycles. The van der Waals surface area contributed by atoms with E-state index in [0.717, 1.165) is 12.8 Å². The van der Waals surface area contributed by atoms with Crippen LogP contribution < -0.4 is 5.32 Å². The highest BCUT2D eigenvalue weighted by molar-refractivity contribution is 5.74. The van der Waals surface area contributed by atoms with E-state index in [1.54, 1.807) is 4.90 Å². The Hall–Kier alpha value is -1.30. The van der Waals surface area contributed by atoms with Crippen LogP contribution in [0.5, 0.6) is 0 Å². The van der Waals surface area contributed by atoms with Gasteiger partial charge in [0.05, 0.1) is 12.5 Å². The Morgan fingerprint density at radius 1 is 1.20 bits per heavy atom. The van der Waals surface area contributed by atoms with Crippen LogP contribution >= 0.6 is 0 Å². The van der Waals surface area contributed by atoms with Gasteiger partial charge in [0, 0.05) is 19.1 Å². The number of rotatable bonds is 7. The molecule has 1 rings (SSSR count). The molecular formula is C14H26N2O4. The fourth-order valence-electron chi connectivity index (χ4n) is 2.54. The van der Waals surface area contributed by atoms with Crippen LogP contribution in [0.4, 0.5) is 4.79 Å². The van der Waals surface area contributed by atoms with Crippen LogP contribution in [0, 0.1) is 5.92 Å². The molecule has 3 N–H and O–H groups in total. The van der Waals surface area contributed by atoms with Crippen molar-refractivity contribution in [2.45, 2.75) is 51.5 Å². The number of nitrogens with one attached hydrogen (secondary N) is 1. The lowest BCUT2D eigenvalue weighted by atomic mass is 9.86. The Labute approximate surface area is 120 Å². The maximum absolute atomic E-state index is 12.1. The number of hydrogen-bond acceptors (Lipinski definition) is 3. The average molecular weight is 286 g/mol. The second-order valence-electron chi connectivity index (χ2n) is 5.40. The molecule has 6 nitrogen and oxygen atoms in total. The van der Waals surface area contributed by atoms with Crippen molar-refractivity contribution in [3.05, 3.63) is 0 Å². The molecule has 2 amide bonds. The summed E-state index contributed by atoms with van der Waals surface area (Å²) in [6.07, 6.45) is 4.58. The van der Waals surface area contributed by atoms with E-state index in [1.165, 1.54) is 0 Å². The first-order chi connectivity index (χ1) is 9.58. The lowest BCUT2D eigenvalue weighted by Crippen LogP contribution is -2.47. The first kappa shape index (κ1) is 16.8. The minimum Gasteiger partial charge on any atom is -0.481 e. The van der Waals surface area contributed by atoms with Gasteiger partial charge in [0.2, 0.25) is 0 Å². The van der Waals surface area contributed by atoms with E-state index in [-0.39, 0.29) is 24.6 Å². The molecule has 0 aromatic carbocycles.